The highest BCUT2D eigenvalue weighted by Gasteiger charge is 2.53. The zero-order chi connectivity index (χ0) is 16.0. The molecule has 2 aliphatic heterocycles. The first-order valence-corrected chi connectivity index (χ1v) is 7.86. The van der Waals surface area contributed by atoms with Crippen molar-refractivity contribution in [3.8, 4) is 0 Å². The van der Waals surface area contributed by atoms with Crippen LogP contribution in [0.2, 0.25) is 0 Å². The highest BCUT2D eigenvalue weighted by Crippen LogP contribution is 2.43. The molecule has 2 aromatic heterocycles. The van der Waals surface area contributed by atoms with Gasteiger partial charge in [-0.05, 0) is 25.8 Å². The van der Waals surface area contributed by atoms with Gasteiger partial charge in [-0.15, -0.1) is 10.2 Å². The number of rotatable bonds is 2. The number of furan rings is 1. The number of fused-ring (bicyclic) bond motifs is 1. The van der Waals surface area contributed by atoms with Crippen LogP contribution in [0.25, 0.3) is 0 Å². The van der Waals surface area contributed by atoms with Gasteiger partial charge in [0, 0.05) is 32.2 Å². The quantitative estimate of drug-likeness (QED) is 0.841. The summed E-state index contributed by atoms with van der Waals surface area (Å²) < 4.78 is 16.9. The van der Waals surface area contributed by atoms with Gasteiger partial charge in [0.1, 0.15) is 0 Å². The standard InChI is InChI=1S/C16H19N3O4/c1-10-4-7-22-13(10)14(20)19-6-3-12-16(9-19,5-8-21-12)15-18-17-11(2)23-15/h4,7,12H,3,5-6,8-9H2,1-2H3/t12-,16-/m0/s1. The van der Waals surface area contributed by atoms with Crippen molar-refractivity contribution in [3.63, 3.8) is 0 Å². The van der Waals surface area contributed by atoms with Gasteiger partial charge in [0.05, 0.1) is 17.8 Å². The van der Waals surface area contributed by atoms with Gasteiger partial charge in [-0.1, -0.05) is 0 Å². The number of aromatic nitrogens is 2. The Morgan fingerprint density at radius 1 is 1.39 bits per heavy atom. The van der Waals surface area contributed by atoms with Gasteiger partial charge >= 0.3 is 0 Å². The van der Waals surface area contributed by atoms with Crippen LogP contribution in [-0.4, -0.2) is 46.8 Å². The Kier molecular flexibility index (Phi) is 3.26. The number of piperidine rings is 1. The minimum absolute atomic E-state index is 0.0177. The number of amides is 1. The van der Waals surface area contributed by atoms with E-state index in [0.717, 1.165) is 18.4 Å². The van der Waals surface area contributed by atoms with Crippen molar-refractivity contribution in [2.45, 2.75) is 38.2 Å². The smallest absolute Gasteiger partial charge is 0.289 e. The van der Waals surface area contributed by atoms with E-state index >= 15 is 0 Å². The SMILES string of the molecule is Cc1nnc([C@]23CCO[C@H]2CCN(C(=O)c2occc2C)C3)o1. The van der Waals surface area contributed by atoms with Gasteiger partial charge in [-0.2, -0.15) is 0 Å². The summed E-state index contributed by atoms with van der Waals surface area (Å²) in [5, 5.41) is 8.18. The minimum atomic E-state index is -0.407. The molecule has 122 valence electrons. The van der Waals surface area contributed by atoms with E-state index in [-0.39, 0.29) is 12.0 Å². The lowest BCUT2D eigenvalue weighted by molar-refractivity contribution is 0.00848. The topological polar surface area (TPSA) is 81.6 Å². The third-order valence-electron chi connectivity index (χ3n) is 4.91. The van der Waals surface area contributed by atoms with Gasteiger partial charge < -0.3 is 18.5 Å². The molecule has 2 aliphatic rings. The van der Waals surface area contributed by atoms with E-state index < -0.39 is 5.41 Å². The van der Waals surface area contributed by atoms with Crippen molar-refractivity contribution in [1.82, 2.24) is 15.1 Å². The highest BCUT2D eigenvalue weighted by molar-refractivity contribution is 5.93. The van der Waals surface area contributed by atoms with E-state index in [9.17, 15) is 4.79 Å². The van der Waals surface area contributed by atoms with Crippen molar-refractivity contribution in [2.24, 2.45) is 0 Å². The molecule has 1 amide bonds. The van der Waals surface area contributed by atoms with E-state index in [1.807, 2.05) is 11.8 Å². The zero-order valence-electron chi connectivity index (χ0n) is 13.2. The van der Waals surface area contributed by atoms with Crippen LogP contribution in [-0.2, 0) is 10.2 Å². The monoisotopic (exact) mass is 317 g/mol. The van der Waals surface area contributed by atoms with Crippen LogP contribution in [0.1, 0.15) is 40.7 Å². The minimum Gasteiger partial charge on any atom is -0.459 e. The lowest BCUT2D eigenvalue weighted by Gasteiger charge is -2.41. The van der Waals surface area contributed by atoms with Crippen LogP contribution in [0, 0.1) is 13.8 Å². The first kappa shape index (κ1) is 14.4. The van der Waals surface area contributed by atoms with Crippen LogP contribution >= 0.6 is 0 Å². The molecular formula is C16H19N3O4. The molecule has 4 heterocycles. The molecule has 0 N–H and O–H groups in total. The number of hydrogen-bond acceptors (Lipinski definition) is 6. The van der Waals surface area contributed by atoms with Gasteiger partial charge in [0.25, 0.3) is 5.91 Å². The third-order valence-corrected chi connectivity index (χ3v) is 4.91. The highest BCUT2D eigenvalue weighted by atomic mass is 16.5. The molecular weight excluding hydrogens is 298 g/mol. The fourth-order valence-corrected chi connectivity index (χ4v) is 3.66. The maximum absolute atomic E-state index is 12.8. The number of hydrogen-bond donors (Lipinski definition) is 0. The average molecular weight is 317 g/mol. The number of carbonyl (C=O) groups excluding carboxylic acids is 1. The lowest BCUT2D eigenvalue weighted by Crippen LogP contribution is -2.54. The average Bonchev–Trinajstić information content (AvgIpc) is 3.25. The molecule has 7 heteroatoms. The Labute approximate surface area is 133 Å². The molecule has 0 radical (unpaired) electrons. The number of nitrogens with zero attached hydrogens (tertiary/aromatic N) is 3. The Morgan fingerprint density at radius 2 is 2.26 bits per heavy atom. The van der Waals surface area contributed by atoms with Crippen molar-refractivity contribution in [1.29, 1.82) is 0 Å². The van der Waals surface area contributed by atoms with Crippen molar-refractivity contribution in [2.75, 3.05) is 19.7 Å². The largest absolute Gasteiger partial charge is 0.459 e. The Hall–Kier alpha value is -2.15. The molecule has 2 fully saturated rings. The fourth-order valence-electron chi connectivity index (χ4n) is 3.66. The summed E-state index contributed by atoms with van der Waals surface area (Å²) in [5.74, 6) is 1.42. The predicted octanol–water partition coefficient (Wildman–Crippen LogP) is 1.85. The van der Waals surface area contributed by atoms with Gasteiger partial charge in [0.15, 0.2) is 5.76 Å². The summed E-state index contributed by atoms with van der Waals surface area (Å²) in [5.41, 5.74) is 0.442. The van der Waals surface area contributed by atoms with Crippen LogP contribution in [0.4, 0.5) is 0 Å². The fraction of sp³-hybridized carbons (Fsp3) is 0.562. The van der Waals surface area contributed by atoms with Crippen LogP contribution in [0.5, 0.6) is 0 Å². The summed E-state index contributed by atoms with van der Waals surface area (Å²) >= 11 is 0. The number of carbonyl (C=O) groups is 1. The Bertz CT molecular complexity index is 737. The molecule has 0 bridgehead atoms. The molecule has 0 aromatic carbocycles. The number of aryl methyl sites for hydroxylation is 2. The second kappa shape index (κ2) is 5.19. The van der Waals surface area contributed by atoms with Gasteiger partial charge in [0.2, 0.25) is 11.8 Å². The molecule has 23 heavy (non-hydrogen) atoms. The van der Waals surface area contributed by atoms with E-state index in [1.165, 1.54) is 0 Å². The third kappa shape index (κ3) is 2.18. The Balaban J connectivity index is 1.66. The van der Waals surface area contributed by atoms with Gasteiger partial charge in [-0.3, -0.25) is 4.79 Å². The predicted molar refractivity (Wildman–Crippen MR) is 79.0 cm³/mol. The first-order chi connectivity index (χ1) is 11.1. The number of ether oxygens (including phenoxy) is 1. The normalized spacial score (nSPS) is 27.2. The molecule has 2 saturated heterocycles. The molecule has 2 atom stereocenters. The second-order valence-corrected chi connectivity index (χ2v) is 6.34. The van der Waals surface area contributed by atoms with E-state index in [0.29, 0.717) is 37.2 Å². The van der Waals surface area contributed by atoms with Crippen molar-refractivity contribution in [3.05, 3.63) is 35.4 Å². The van der Waals surface area contributed by atoms with Crippen LogP contribution in [0.3, 0.4) is 0 Å². The second-order valence-electron chi connectivity index (χ2n) is 6.34. The molecule has 4 rings (SSSR count). The Morgan fingerprint density at radius 3 is 2.96 bits per heavy atom. The first-order valence-electron chi connectivity index (χ1n) is 7.86. The van der Waals surface area contributed by atoms with E-state index in [4.69, 9.17) is 13.6 Å². The maximum Gasteiger partial charge on any atom is 0.289 e. The summed E-state index contributed by atoms with van der Waals surface area (Å²) in [7, 11) is 0. The van der Waals surface area contributed by atoms with E-state index in [2.05, 4.69) is 10.2 Å². The summed E-state index contributed by atoms with van der Waals surface area (Å²) in [4.78, 5) is 14.6. The van der Waals surface area contributed by atoms with E-state index in [1.54, 1.807) is 19.3 Å². The summed E-state index contributed by atoms with van der Waals surface area (Å²) in [6.45, 7) is 5.44. The van der Waals surface area contributed by atoms with Crippen LogP contribution in [0.15, 0.2) is 21.2 Å². The van der Waals surface area contributed by atoms with Crippen molar-refractivity contribution >= 4 is 5.91 Å². The molecule has 2 aromatic rings. The van der Waals surface area contributed by atoms with Crippen molar-refractivity contribution < 1.29 is 18.4 Å². The summed E-state index contributed by atoms with van der Waals surface area (Å²) in [6.07, 6.45) is 3.10. The molecule has 0 saturated carbocycles. The maximum atomic E-state index is 12.8. The molecule has 0 spiro atoms. The van der Waals surface area contributed by atoms with Crippen LogP contribution < -0.4 is 0 Å². The molecule has 7 nitrogen and oxygen atoms in total. The number of likely N-dealkylation sites (tertiary alicyclic amines) is 1. The van der Waals surface area contributed by atoms with Gasteiger partial charge in [-0.25, -0.2) is 0 Å². The zero-order valence-corrected chi connectivity index (χ0v) is 13.2. The molecule has 0 unspecified atom stereocenters. The summed E-state index contributed by atoms with van der Waals surface area (Å²) in [6, 6.07) is 1.80. The molecule has 0 aliphatic carbocycles. The lowest BCUT2D eigenvalue weighted by atomic mass is 9.76.